The van der Waals surface area contributed by atoms with Crippen LogP contribution < -0.4 is 14.8 Å². The highest BCUT2D eigenvalue weighted by molar-refractivity contribution is 5.93. The van der Waals surface area contributed by atoms with Crippen molar-refractivity contribution in [3.05, 3.63) is 58.1 Å². The van der Waals surface area contributed by atoms with Crippen LogP contribution in [0.5, 0.6) is 11.5 Å². The molecule has 0 aromatic heterocycles. The number of carbonyl (C=O) groups is 2. The van der Waals surface area contributed by atoms with Crippen molar-refractivity contribution < 1.29 is 28.7 Å². The molecule has 2 aromatic rings. The summed E-state index contributed by atoms with van der Waals surface area (Å²) in [4.78, 5) is 33.5. The van der Waals surface area contributed by atoms with E-state index in [2.05, 4.69) is 10.1 Å². The quantitative estimate of drug-likeness (QED) is 0.428. The summed E-state index contributed by atoms with van der Waals surface area (Å²) in [6.45, 7) is -0.267. The van der Waals surface area contributed by atoms with Gasteiger partial charge in [-0.25, -0.2) is 0 Å². The van der Waals surface area contributed by atoms with Crippen molar-refractivity contribution in [2.75, 3.05) is 26.1 Å². The van der Waals surface area contributed by atoms with Crippen molar-refractivity contribution in [2.24, 2.45) is 0 Å². The number of esters is 1. The zero-order chi connectivity index (χ0) is 19.8. The average Bonchev–Trinajstić information content (AvgIpc) is 2.67. The number of amides is 1. The molecule has 0 radical (unpaired) electrons. The van der Waals surface area contributed by atoms with Crippen LogP contribution in [0.15, 0.2) is 42.5 Å². The third-order valence-corrected chi connectivity index (χ3v) is 3.54. The molecule has 2 aromatic carbocycles. The summed E-state index contributed by atoms with van der Waals surface area (Å²) in [5.41, 5.74) is 0.910. The number of methoxy groups -OCH3 is 2. The van der Waals surface area contributed by atoms with Gasteiger partial charge in [-0.05, 0) is 23.8 Å². The summed E-state index contributed by atoms with van der Waals surface area (Å²) in [7, 11) is 2.67. The fourth-order valence-corrected chi connectivity index (χ4v) is 2.17. The normalized spacial score (nSPS) is 10.0. The van der Waals surface area contributed by atoms with Crippen molar-refractivity contribution >= 4 is 23.3 Å². The van der Waals surface area contributed by atoms with Gasteiger partial charge in [-0.3, -0.25) is 19.7 Å². The lowest BCUT2D eigenvalue weighted by atomic mass is 10.1. The fourth-order valence-electron chi connectivity index (χ4n) is 2.17. The van der Waals surface area contributed by atoms with Crippen molar-refractivity contribution in [3.63, 3.8) is 0 Å². The third kappa shape index (κ3) is 5.70. The molecule has 1 N–H and O–H groups in total. The minimum Gasteiger partial charge on any atom is -0.494 e. The van der Waals surface area contributed by atoms with Gasteiger partial charge in [-0.15, -0.1) is 0 Å². The molecule has 0 unspecified atom stereocenters. The number of ether oxygens (including phenoxy) is 3. The van der Waals surface area contributed by atoms with E-state index in [0.717, 1.165) is 5.56 Å². The highest BCUT2D eigenvalue weighted by atomic mass is 16.6. The number of hydrogen-bond donors (Lipinski definition) is 1. The topological polar surface area (TPSA) is 117 Å². The van der Waals surface area contributed by atoms with Gasteiger partial charge in [0.2, 0.25) is 0 Å². The van der Waals surface area contributed by atoms with E-state index in [1.165, 1.54) is 32.4 Å². The Balaban J connectivity index is 1.92. The molecule has 0 aliphatic heterocycles. The Bertz CT molecular complexity index is 834. The Kier molecular flexibility index (Phi) is 6.70. The number of nitro groups is 1. The number of rotatable bonds is 8. The Morgan fingerprint density at radius 2 is 1.81 bits per heavy atom. The third-order valence-electron chi connectivity index (χ3n) is 3.54. The maximum absolute atomic E-state index is 12.0. The monoisotopic (exact) mass is 374 g/mol. The van der Waals surface area contributed by atoms with E-state index in [-0.39, 0.29) is 30.4 Å². The summed E-state index contributed by atoms with van der Waals surface area (Å²) < 4.78 is 15.0. The molecule has 0 saturated heterocycles. The molecule has 0 aliphatic rings. The number of nitrogens with zero attached hydrogens (tertiary/aromatic N) is 1. The first-order valence-corrected chi connectivity index (χ1v) is 7.83. The van der Waals surface area contributed by atoms with E-state index in [0.29, 0.717) is 11.4 Å². The van der Waals surface area contributed by atoms with Gasteiger partial charge in [0.25, 0.3) is 11.6 Å². The zero-order valence-corrected chi connectivity index (χ0v) is 14.8. The lowest BCUT2D eigenvalue weighted by Crippen LogP contribution is -2.20. The summed E-state index contributed by atoms with van der Waals surface area (Å²) in [6, 6.07) is 10.5. The molecule has 1 amide bonds. The first-order chi connectivity index (χ1) is 12.9. The predicted molar refractivity (Wildman–Crippen MR) is 95.9 cm³/mol. The first-order valence-electron chi connectivity index (χ1n) is 7.83. The van der Waals surface area contributed by atoms with Crippen LogP contribution in [-0.2, 0) is 20.7 Å². The van der Waals surface area contributed by atoms with Gasteiger partial charge in [0, 0.05) is 6.07 Å². The maximum atomic E-state index is 12.0. The van der Waals surface area contributed by atoms with Crippen LogP contribution in [0, 0.1) is 10.1 Å². The van der Waals surface area contributed by atoms with E-state index in [4.69, 9.17) is 9.47 Å². The number of hydrogen-bond acceptors (Lipinski definition) is 7. The van der Waals surface area contributed by atoms with Gasteiger partial charge in [0.1, 0.15) is 11.5 Å². The van der Waals surface area contributed by atoms with Gasteiger partial charge < -0.3 is 19.5 Å². The number of anilines is 1. The molecule has 0 saturated carbocycles. The molecule has 0 fully saturated rings. The number of non-ortho nitro benzene ring substituents is 1. The van der Waals surface area contributed by atoms with Crippen LogP contribution in [0.3, 0.4) is 0 Å². The molecule has 9 nitrogen and oxygen atoms in total. The van der Waals surface area contributed by atoms with Crippen molar-refractivity contribution in [2.45, 2.75) is 6.42 Å². The molecular weight excluding hydrogens is 356 g/mol. The van der Waals surface area contributed by atoms with Gasteiger partial charge in [-0.1, -0.05) is 12.1 Å². The minimum absolute atomic E-state index is 0.145. The Morgan fingerprint density at radius 1 is 1.11 bits per heavy atom. The van der Waals surface area contributed by atoms with Crippen LogP contribution in [0.25, 0.3) is 0 Å². The van der Waals surface area contributed by atoms with E-state index in [1.807, 2.05) is 0 Å². The number of carbonyl (C=O) groups excluding carboxylic acids is 2. The van der Waals surface area contributed by atoms with Crippen LogP contribution in [0.4, 0.5) is 11.4 Å². The van der Waals surface area contributed by atoms with E-state index >= 15 is 0 Å². The van der Waals surface area contributed by atoms with Gasteiger partial charge in [0.05, 0.1) is 37.3 Å². The van der Waals surface area contributed by atoms with Gasteiger partial charge in [0.15, 0.2) is 6.61 Å². The second kappa shape index (κ2) is 9.18. The smallest absolute Gasteiger partial charge is 0.309 e. The predicted octanol–water partition coefficient (Wildman–Crippen LogP) is 2.34. The van der Waals surface area contributed by atoms with Crippen molar-refractivity contribution in [1.82, 2.24) is 0 Å². The molecule has 142 valence electrons. The number of nitrogens with one attached hydrogen (secondary N) is 1. The molecule has 0 spiro atoms. The maximum Gasteiger partial charge on any atom is 0.309 e. The van der Waals surface area contributed by atoms with Gasteiger partial charge in [-0.2, -0.15) is 0 Å². The molecular formula is C18H18N2O7. The van der Waals surface area contributed by atoms with E-state index < -0.39 is 10.8 Å². The second-order valence-corrected chi connectivity index (χ2v) is 5.38. The Labute approximate surface area is 155 Å². The largest absolute Gasteiger partial charge is 0.494 e. The Hall–Kier alpha value is -3.62. The van der Waals surface area contributed by atoms with Crippen molar-refractivity contribution in [1.29, 1.82) is 0 Å². The zero-order valence-electron chi connectivity index (χ0n) is 14.8. The highest BCUT2D eigenvalue weighted by Crippen LogP contribution is 2.28. The first kappa shape index (κ1) is 19.7. The highest BCUT2D eigenvalue weighted by Gasteiger charge is 2.13. The summed E-state index contributed by atoms with van der Waals surface area (Å²) in [6.07, 6.45) is 0.150. The fraction of sp³-hybridized carbons (Fsp3) is 0.222. The SMILES string of the molecule is COC(=O)Cc1ccc(OCC(=O)Nc2ccc([N+](=O)[O-])cc2OC)cc1. The molecule has 27 heavy (non-hydrogen) atoms. The molecule has 0 bridgehead atoms. The summed E-state index contributed by atoms with van der Waals surface area (Å²) in [5, 5.41) is 13.3. The molecule has 2 rings (SSSR count). The van der Waals surface area contributed by atoms with Crippen LogP contribution in [0.2, 0.25) is 0 Å². The molecule has 0 atom stereocenters. The Morgan fingerprint density at radius 3 is 2.41 bits per heavy atom. The second-order valence-electron chi connectivity index (χ2n) is 5.38. The lowest BCUT2D eigenvalue weighted by Gasteiger charge is -2.11. The van der Waals surface area contributed by atoms with Crippen molar-refractivity contribution in [3.8, 4) is 11.5 Å². The molecule has 0 aliphatic carbocycles. The number of nitro benzene ring substituents is 1. The van der Waals surface area contributed by atoms with E-state index in [1.54, 1.807) is 24.3 Å². The molecule has 9 heteroatoms. The molecule has 0 heterocycles. The van der Waals surface area contributed by atoms with Crippen LogP contribution in [-0.4, -0.2) is 37.6 Å². The summed E-state index contributed by atoms with van der Waals surface area (Å²) in [5.74, 6) is -0.181. The summed E-state index contributed by atoms with van der Waals surface area (Å²) >= 11 is 0. The lowest BCUT2D eigenvalue weighted by molar-refractivity contribution is -0.384. The number of benzene rings is 2. The van der Waals surface area contributed by atoms with Crippen LogP contribution >= 0.6 is 0 Å². The standard InChI is InChI=1S/C18H18N2O7/c1-25-16-10-13(20(23)24)5-8-15(16)19-17(21)11-27-14-6-3-12(4-7-14)9-18(22)26-2/h3-8,10H,9,11H2,1-2H3,(H,19,21). The van der Waals surface area contributed by atoms with E-state index in [9.17, 15) is 19.7 Å². The van der Waals surface area contributed by atoms with Crippen LogP contribution in [0.1, 0.15) is 5.56 Å². The minimum atomic E-state index is -0.554. The van der Waals surface area contributed by atoms with Gasteiger partial charge >= 0.3 is 5.97 Å². The average molecular weight is 374 g/mol.